The zero-order valence-corrected chi connectivity index (χ0v) is 14.9. The van der Waals surface area contributed by atoms with E-state index in [1.54, 1.807) is 12.1 Å². The topological polar surface area (TPSA) is 76.7 Å². The number of benzene rings is 2. The van der Waals surface area contributed by atoms with E-state index in [0.717, 1.165) is 11.1 Å². The summed E-state index contributed by atoms with van der Waals surface area (Å²) in [5.41, 5.74) is 2.35. The van der Waals surface area contributed by atoms with E-state index in [-0.39, 0.29) is 24.4 Å². The molecule has 1 heterocycles. The Hall–Kier alpha value is -3.02. The molecular weight excluding hydrogens is 332 g/mol. The fourth-order valence-corrected chi connectivity index (χ4v) is 2.79. The summed E-state index contributed by atoms with van der Waals surface area (Å²) in [5.74, 6) is 0.881. The van der Waals surface area contributed by atoms with E-state index in [1.165, 1.54) is 0 Å². The van der Waals surface area contributed by atoms with Crippen molar-refractivity contribution in [2.24, 2.45) is 0 Å². The number of ether oxygens (including phenoxy) is 2. The molecule has 1 aliphatic heterocycles. The third-order valence-corrected chi connectivity index (χ3v) is 4.24. The molecule has 0 saturated heterocycles. The summed E-state index contributed by atoms with van der Waals surface area (Å²) in [7, 11) is 0. The van der Waals surface area contributed by atoms with Crippen LogP contribution in [0.4, 0.5) is 0 Å². The highest BCUT2D eigenvalue weighted by Crippen LogP contribution is 2.32. The minimum absolute atomic E-state index is 0.0813. The van der Waals surface area contributed by atoms with Gasteiger partial charge < -0.3 is 20.1 Å². The van der Waals surface area contributed by atoms with E-state index < -0.39 is 0 Å². The van der Waals surface area contributed by atoms with E-state index in [2.05, 4.69) is 10.6 Å². The summed E-state index contributed by atoms with van der Waals surface area (Å²) in [5, 5.41) is 5.53. The largest absolute Gasteiger partial charge is 0.486 e. The minimum atomic E-state index is -0.259. The van der Waals surface area contributed by atoms with Gasteiger partial charge in [-0.2, -0.15) is 0 Å². The molecule has 2 amide bonds. The SMILES string of the molecule is Cc1ccccc1C(=O)NCC(=O)N[C@H](C)c1ccc2c(c1)OCCO2. The van der Waals surface area contributed by atoms with Crippen LogP contribution in [-0.2, 0) is 4.79 Å². The van der Waals surface area contributed by atoms with Crippen LogP contribution >= 0.6 is 0 Å². The molecule has 0 radical (unpaired) electrons. The fourth-order valence-electron chi connectivity index (χ4n) is 2.79. The summed E-state index contributed by atoms with van der Waals surface area (Å²) < 4.78 is 11.1. The number of carbonyl (C=O) groups is 2. The lowest BCUT2D eigenvalue weighted by Crippen LogP contribution is -2.38. The van der Waals surface area contributed by atoms with Crippen LogP contribution in [0.3, 0.4) is 0 Å². The zero-order valence-electron chi connectivity index (χ0n) is 14.9. The van der Waals surface area contributed by atoms with Crippen LogP contribution in [0.5, 0.6) is 11.5 Å². The first kappa shape index (κ1) is 17.8. The first-order valence-corrected chi connectivity index (χ1v) is 8.57. The van der Waals surface area contributed by atoms with Crippen molar-refractivity contribution in [2.45, 2.75) is 19.9 Å². The molecule has 2 aromatic rings. The molecule has 6 nitrogen and oxygen atoms in total. The molecule has 0 bridgehead atoms. The molecule has 0 unspecified atom stereocenters. The molecule has 2 aromatic carbocycles. The molecule has 26 heavy (non-hydrogen) atoms. The van der Waals surface area contributed by atoms with Gasteiger partial charge in [-0.25, -0.2) is 0 Å². The minimum Gasteiger partial charge on any atom is -0.486 e. The molecule has 0 saturated carbocycles. The quantitative estimate of drug-likeness (QED) is 0.864. The number of nitrogens with one attached hydrogen (secondary N) is 2. The highest BCUT2D eigenvalue weighted by molar-refractivity contribution is 5.97. The highest BCUT2D eigenvalue weighted by atomic mass is 16.6. The maximum absolute atomic E-state index is 12.2. The second-order valence-corrected chi connectivity index (χ2v) is 6.19. The lowest BCUT2D eigenvalue weighted by molar-refractivity contribution is -0.120. The molecule has 3 rings (SSSR count). The maximum atomic E-state index is 12.2. The average molecular weight is 354 g/mol. The van der Waals surface area contributed by atoms with Crippen LogP contribution in [-0.4, -0.2) is 31.6 Å². The van der Waals surface area contributed by atoms with Gasteiger partial charge in [-0.15, -0.1) is 0 Å². The van der Waals surface area contributed by atoms with Crippen molar-refractivity contribution in [1.82, 2.24) is 10.6 Å². The maximum Gasteiger partial charge on any atom is 0.251 e. The van der Waals surface area contributed by atoms with Crippen LogP contribution < -0.4 is 20.1 Å². The Morgan fingerprint density at radius 3 is 2.58 bits per heavy atom. The summed E-state index contributed by atoms with van der Waals surface area (Å²) in [4.78, 5) is 24.3. The standard InChI is InChI=1S/C20H22N2O4/c1-13-5-3-4-6-16(13)20(24)21-12-19(23)22-14(2)15-7-8-17-18(11-15)26-10-9-25-17/h3-8,11,14H,9-10,12H2,1-2H3,(H,21,24)(H,22,23)/t14-/m1/s1. The third-order valence-electron chi connectivity index (χ3n) is 4.24. The van der Waals surface area contributed by atoms with E-state index in [9.17, 15) is 9.59 Å². The Labute approximate surface area is 152 Å². The van der Waals surface area contributed by atoms with Crippen LogP contribution in [0, 0.1) is 6.92 Å². The van der Waals surface area contributed by atoms with E-state index in [0.29, 0.717) is 30.3 Å². The number of hydrogen-bond acceptors (Lipinski definition) is 4. The third kappa shape index (κ3) is 4.14. The molecule has 0 spiro atoms. The molecule has 0 aliphatic carbocycles. The number of amides is 2. The van der Waals surface area contributed by atoms with Crippen molar-refractivity contribution < 1.29 is 19.1 Å². The highest BCUT2D eigenvalue weighted by Gasteiger charge is 2.16. The predicted octanol–water partition coefficient (Wildman–Crippen LogP) is 2.37. The van der Waals surface area contributed by atoms with Crippen molar-refractivity contribution in [1.29, 1.82) is 0 Å². The zero-order chi connectivity index (χ0) is 18.5. The van der Waals surface area contributed by atoms with Crippen molar-refractivity contribution >= 4 is 11.8 Å². The number of fused-ring (bicyclic) bond motifs is 1. The van der Waals surface area contributed by atoms with E-state index in [1.807, 2.05) is 44.2 Å². The monoisotopic (exact) mass is 354 g/mol. The van der Waals surface area contributed by atoms with Crippen molar-refractivity contribution in [3.8, 4) is 11.5 Å². The number of aryl methyl sites for hydroxylation is 1. The molecular formula is C20H22N2O4. The van der Waals surface area contributed by atoms with Gasteiger partial charge in [0.05, 0.1) is 12.6 Å². The molecule has 6 heteroatoms. The second-order valence-electron chi connectivity index (χ2n) is 6.19. The second kappa shape index (κ2) is 7.91. The number of hydrogen-bond donors (Lipinski definition) is 2. The molecule has 0 aromatic heterocycles. The van der Waals surface area contributed by atoms with Gasteiger partial charge in [0, 0.05) is 5.56 Å². The molecule has 136 valence electrons. The van der Waals surface area contributed by atoms with Gasteiger partial charge >= 0.3 is 0 Å². The van der Waals surface area contributed by atoms with Gasteiger partial charge in [0.1, 0.15) is 13.2 Å². The Bertz CT molecular complexity index is 819. The predicted molar refractivity (Wildman–Crippen MR) is 97.5 cm³/mol. The fraction of sp³-hybridized carbons (Fsp3) is 0.300. The molecule has 2 N–H and O–H groups in total. The number of carbonyl (C=O) groups excluding carboxylic acids is 2. The van der Waals surface area contributed by atoms with Crippen LogP contribution in [0.2, 0.25) is 0 Å². The van der Waals surface area contributed by atoms with Gasteiger partial charge in [-0.3, -0.25) is 9.59 Å². The van der Waals surface area contributed by atoms with Gasteiger partial charge in [-0.05, 0) is 43.2 Å². The Morgan fingerprint density at radius 1 is 1.08 bits per heavy atom. The lowest BCUT2D eigenvalue weighted by atomic mass is 10.1. The van der Waals surface area contributed by atoms with Gasteiger partial charge in [0.2, 0.25) is 5.91 Å². The summed E-state index contributed by atoms with van der Waals surface area (Å²) >= 11 is 0. The summed E-state index contributed by atoms with van der Waals surface area (Å²) in [6.07, 6.45) is 0. The lowest BCUT2D eigenvalue weighted by Gasteiger charge is -2.21. The first-order valence-electron chi connectivity index (χ1n) is 8.57. The van der Waals surface area contributed by atoms with E-state index in [4.69, 9.17) is 9.47 Å². The average Bonchev–Trinajstić information content (AvgIpc) is 2.66. The Kier molecular flexibility index (Phi) is 5.41. The van der Waals surface area contributed by atoms with Gasteiger partial charge in [-0.1, -0.05) is 24.3 Å². The van der Waals surface area contributed by atoms with E-state index >= 15 is 0 Å². The smallest absolute Gasteiger partial charge is 0.251 e. The Morgan fingerprint density at radius 2 is 1.81 bits per heavy atom. The van der Waals surface area contributed by atoms with Crippen LogP contribution in [0.25, 0.3) is 0 Å². The molecule has 1 atom stereocenters. The summed E-state index contributed by atoms with van der Waals surface area (Å²) in [6.45, 7) is 4.72. The Balaban J connectivity index is 1.54. The van der Waals surface area contributed by atoms with Gasteiger partial charge in [0.15, 0.2) is 11.5 Å². The van der Waals surface area contributed by atoms with Crippen LogP contribution in [0.15, 0.2) is 42.5 Å². The van der Waals surface area contributed by atoms with Crippen molar-refractivity contribution in [2.75, 3.05) is 19.8 Å². The van der Waals surface area contributed by atoms with Crippen molar-refractivity contribution in [3.63, 3.8) is 0 Å². The first-order chi connectivity index (χ1) is 12.5. The molecule has 0 fully saturated rings. The number of rotatable bonds is 5. The van der Waals surface area contributed by atoms with Gasteiger partial charge in [0.25, 0.3) is 5.91 Å². The van der Waals surface area contributed by atoms with Crippen LogP contribution in [0.1, 0.15) is 34.5 Å². The molecule has 1 aliphatic rings. The normalized spacial score (nSPS) is 13.6. The summed E-state index contributed by atoms with van der Waals surface area (Å²) in [6, 6.07) is 12.6. The van der Waals surface area contributed by atoms with Crippen molar-refractivity contribution in [3.05, 3.63) is 59.2 Å².